The van der Waals surface area contributed by atoms with Gasteiger partial charge in [0, 0.05) is 11.6 Å². The number of nitrogens with two attached hydrogens (primary N) is 1. The van der Waals surface area contributed by atoms with Crippen molar-refractivity contribution in [3.8, 4) is 17.2 Å². The van der Waals surface area contributed by atoms with E-state index < -0.39 is 0 Å². The van der Waals surface area contributed by atoms with Crippen LogP contribution < -0.4 is 25.3 Å². The summed E-state index contributed by atoms with van der Waals surface area (Å²) in [6, 6.07) is 4.04. The van der Waals surface area contributed by atoms with E-state index in [2.05, 4.69) is 31.1 Å². The molecule has 0 aromatic heterocycles. The van der Waals surface area contributed by atoms with Crippen molar-refractivity contribution >= 4 is 29.9 Å². The average molecular weight is 479 g/mol. The summed E-state index contributed by atoms with van der Waals surface area (Å²) in [6.45, 7) is 7.01. The third kappa shape index (κ3) is 7.88. The second kappa shape index (κ2) is 12.9. The van der Waals surface area contributed by atoms with E-state index in [0.717, 1.165) is 17.9 Å². The first-order valence-electron chi connectivity index (χ1n) is 8.77. The molecule has 1 aromatic carbocycles. The van der Waals surface area contributed by atoms with Crippen LogP contribution in [0.2, 0.25) is 0 Å². The van der Waals surface area contributed by atoms with E-state index in [1.54, 1.807) is 21.3 Å². The molecule has 0 aliphatic heterocycles. The molecule has 0 fully saturated rings. The Kier molecular flexibility index (Phi) is 12.2. The predicted molar refractivity (Wildman–Crippen MR) is 118 cm³/mol. The van der Waals surface area contributed by atoms with Crippen LogP contribution in [0, 0.1) is 5.92 Å². The lowest BCUT2D eigenvalue weighted by Crippen LogP contribution is -2.38. The molecule has 1 atom stereocenters. The zero-order valence-corrected chi connectivity index (χ0v) is 19.1. The Labute approximate surface area is 174 Å². The standard InChI is InChI=1S/C19H33N3O3.HI/c1-13(2)8-7-9-14(3)22-19(20)21-12-15-10-11-16(23-4)18(25-6)17(15)24-5;/h10-11,13-14H,7-9,12H2,1-6H3,(H3,20,21,22);1H. The number of nitrogens with zero attached hydrogens (tertiary/aromatic N) is 1. The molecular formula is C19H34IN3O3. The van der Waals surface area contributed by atoms with Crippen molar-refractivity contribution < 1.29 is 14.2 Å². The summed E-state index contributed by atoms with van der Waals surface area (Å²) < 4.78 is 16.1. The topological polar surface area (TPSA) is 78.1 Å². The molecule has 0 spiro atoms. The normalized spacial score (nSPS) is 12.3. The maximum atomic E-state index is 6.01. The molecule has 3 N–H and O–H groups in total. The number of halogens is 1. The summed E-state index contributed by atoms with van der Waals surface area (Å²) in [6.07, 6.45) is 3.49. The first-order chi connectivity index (χ1) is 11.9. The van der Waals surface area contributed by atoms with E-state index in [0.29, 0.717) is 35.8 Å². The number of guanidine groups is 1. The number of hydrogen-bond donors (Lipinski definition) is 2. The fourth-order valence-corrected chi connectivity index (χ4v) is 2.66. The van der Waals surface area contributed by atoms with Gasteiger partial charge in [-0.2, -0.15) is 0 Å². The van der Waals surface area contributed by atoms with Crippen molar-refractivity contribution in [3.05, 3.63) is 17.7 Å². The van der Waals surface area contributed by atoms with Crippen LogP contribution in [-0.4, -0.2) is 33.3 Å². The Bertz CT molecular complexity index is 565. The summed E-state index contributed by atoms with van der Waals surface area (Å²) in [4.78, 5) is 4.42. The predicted octanol–water partition coefficient (Wildman–Crippen LogP) is 3.95. The van der Waals surface area contributed by atoms with Crippen LogP contribution >= 0.6 is 24.0 Å². The zero-order chi connectivity index (χ0) is 18.8. The fraction of sp³-hybridized carbons (Fsp3) is 0.632. The first-order valence-corrected chi connectivity index (χ1v) is 8.77. The molecule has 26 heavy (non-hydrogen) atoms. The molecule has 1 aromatic rings. The highest BCUT2D eigenvalue weighted by atomic mass is 127. The Hall–Kier alpha value is -1.38. The lowest BCUT2D eigenvalue weighted by Gasteiger charge is -2.16. The minimum Gasteiger partial charge on any atom is -0.493 e. The molecule has 0 bridgehead atoms. The van der Waals surface area contributed by atoms with Gasteiger partial charge in [0.1, 0.15) is 0 Å². The van der Waals surface area contributed by atoms with Crippen LogP contribution in [0.3, 0.4) is 0 Å². The second-order valence-corrected chi connectivity index (χ2v) is 6.57. The van der Waals surface area contributed by atoms with Gasteiger partial charge in [-0.05, 0) is 31.4 Å². The Morgan fingerprint density at radius 3 is 2.23 bits per heavy atom. The number of hydrogen-bond acceptors (Lipinski definition) is 4. The molecule has 0 aliphatic rings. The van der Waals surface area contributed by atoms with Gasteiger partial charge in [0.2, 0.25) is 5.75 Å². The summed E-state index contributed by atoms with van der Waals surface area (Å²) in [5.41, 5.74) is 6.90. The highest BCUT2D eigenvalue weighted by Crippen LogP contribution is 2.39. The maximum absolute atomic E-state index is 6.01. The lowest BCUT2D eigenvalue weighted by molar-refractivity contribution is 0.322. The average Bonchev–Trinajstić information content (AvgIpc) is 2.58. The van der Waals surface area contributed by atoms with E-state index in [9.17, 15) is 0 Å². The maximum Gasteiger partial charge on any atom is 0.203 e. The van der Waals surface area contributed by atoms with E-state index in [4.69, 9.17) is 19.9 Å². The molecule has 0 amide bonds. The molecule has 7 heteroatoms. The number of rotatable bonds is 10. The number of methoxy groups -OCH3 is 3. The van der Waals surface area contributed by atoms with Gasteiger partial charge >= 0.3 is 0 Å². The highest BCUT2D eigenvalue weighted by molar-refractivity contribution is 14.0. The molecule has 0 saturated carbocycles. The third-order valence-corrected chi connectivity index (χ3v) is 4.02. The number of nitrogens with one attached hydrogen (secondary N) is 1. The lowest BCUT2D eigenvalue weighted by atomic mass is 10.0. The van der Waals surface area contributed by atoms with Crippen LogP contribution in [-0.2, 0) is 6.54 Å². The van der Waals surface area contributed by atoms with Crippen molar-refractivity contribution in [2.75, 3.05) is 21.3 Å². The van der Waals surface area contributed by atoms with Crippen molar-refractivity contribution in [2.45, 2.75) is 52.6 Å². The smallest absolute Gasteiger partial charge is 0.203 e. The molecular weight excluding hydrogens is 445 g/mol. The summed E-state index contributed by atoms with van der Waals surface area (Å²) in [5, 5.41) is 3.24. The third-order valence-electron chi connectivity index (χ3n) is 4.02. The minimum absolute atomic E-state index is 0. The molecule has 1 rings (SSSR count). The molecule has 0 radical (unpaired) electrons. The molecule has 0 saturated heterocycles. The summed E-state index contributed by atoms with van der Waals surface area (Å²) >= 11 is 0. The zero-order valence-electron chi connectivity index (χ0n) is 16.8. The molecule has 1 unspecified atom stereocenters. The van der Waals surface area contributed by atoms with Crippen molar-refractivity contribution in [2.24, 2.45) is 16.6 Å². The summed E-state index contributed by atoms with van der Waals surface area (Å²) in [5.74, 6) is 2.97. The number of aliphatic imine (C=N–C) groups is 1. The van der Waals surface area contributed by atoms with Gasteiger partial charge in [0.25, 0.3) is 0 Å². The second-order valence-electron chi connectivity index (χ2n) is 6.57. The molecule has 0 heterocycles. The van der Waals surface area contributed by atoms with E-state index >= 15 is 0 Å². The van der Waals surface area contributed by atoms with Gasteiger partial charge in [-0.3, -0.25) is 0 Å². The monoisotopic (exact) mass is 479 g/mol. The van der Waals surface area contributed by atoms with Crippen molar-refractivity contribution in [3.63, 3.8) is 0 Å². The van der Waals surface area contributed by atoms with E-state index in [1.807, 2.05) is 12.1 Å². The van der Waals surface area contributed by atoms with Gasteiger partial charge in [0.05, 0.1) is 27.9 Å². The molecule has 0 aliphatic carbocycles. The Morgan fingerprint density at radius 2 is 1.69 bits per heavy atom. The SMILES string of the molecule is COc1ccc(CN=C(N)NC(C)CCCC(C)C)c(OC)c1OC.I. The number of benzene rings is 1. The quantitative estimate of drug-likeness (QED) is 0.302. The Morgan fingerprint density at radius 1 is 1.04 bits per heavy atom. The fourth-order valence-electron chi connectivity index (χ4n) is 2.66. The van der Waals surface area contributed by atoms with Gasteiger partial charge in [-0.15, -0.1) is 24.0 Å². The Balaban J connectivity index is 0.00000625. The summed E-state index contributed by atoms with van der Waals surface area (Å²) in [7, 11) is 4.78. The van der Waals surface area contributed by atoms with Gasteiger partial charge in [-0.25, -0.2) is 4.99 Å². The number of ether oxygens (including phenoxy) is 3. The largest absolute Gasteiger partial charge is 0.493 e. The molecule has 150 valence electrons. The van der Waals surface area contributed by atoms with Crippen molar-refractivity contribution in [1.82, 2.24) is 5.32 Å². The first kappa shape index (κ1) is 24.6. The van der Waals surface area contributed by atoms with Crippen LogP contribution in [0.5, 0.6) is 17.2 Å². The molecule has 6 nitrogen and oxygen atoms in total. The van der Waals surface area contributed by atoms with E-state index in [-0.39, 0.29) is 24.0 Å². The van der Waals surface area contributed by atoms with Gasteiger partial charge in [-0.1, -0.05) is 26.7 Å². The van der Waals surface area contributed by atoms with Crippen molar-refractivity contribution in [1.29, 1.82) is 0 Å². The van der Waals surface area contributed by atoms with Crippen LogP contribution in [0.25, 0.3) is 0 Å². The van der Waals surface area contributed by atoms with Crippen LogP contribution in [0.15, 0.2) is 17.1 Å². The van der Waals surface area contributed by atoms with Gasteiger partial charge < -0.3 is 25.3 Å². The van der Waals surface area contributed by atoms with Crippen LogP contribution in [0.4, 0.5) is 0 Å². The highest BCUT2D eigenvalue weighted by Gasteiger charge is 2.15. The van der Waals surface area contributed by atoms with Gasteiger partial charge in [0.15, 0.2) is 17.5 Å². The van der Waals surface area contributed by atoms with Crippen LogP contribution in [0.1, 0.15) is 45.6 Å². The minimum atomic E-state index is 0. The van der Waals surface area contributed by atoms with E-state index in [1.165, 1.54) is 12.8 Å².